The molecule has 0 radical (unpaired) electrons. The third kappa shape index (κ3) is 2.85. The number of esters is 1. The predicted octanol–water partition coefficient (Wildman–Crippen LogP) is 2.25. The van der Waals surface area contributed by atoms with Gasteiger partial charge >= 0.3 is 5.97 Å². The molecule has 1 aliphatic rings. The van der Waals surface area contributed by atoms with Gasteiger partial charge in [0.1, 0.15) is 10.7 Å². The lowest BCUT2D eigenvalue weighted by Gasteiger charge is -2.14. The number of allylic oxidation sites excluding steroid dienone is 2. The lowest BCUT2D eigenvalue weighted by molar-refractivity contribution is -0.135. The van der Waals surface area contributed by atoms with Gasteiger partial charge in [0.15, 0.2) is 0 Å². The highest BCUT2D eigenvalue weighted by atomic mass is 35.5. The van der Waals surface area contributed by atoms with Gasteiger partial charge in [-0.05, 0) is 6.08 Å². The molecule has 0 atom stereocenters. The summed E-state index contributed by atoms with van der Waals surface area (Å²) in [5, 5.41) is 0.289. The summed E-state index contributed by atoms with van der Waals surface area (Å²) in [7, 11) is 2.74. The van der Waals surface area contributed by atoms with Crippen molar-refractivity contribution in [3.8, 4) is 0 Å². The molecule has 1 rings (SSSR count). The van der Waals surface area contributed by atoms with E-state index in [1.807, 2.05) is 13.8 Å². The number of methoxy groups -OCH3 is 2. The molecule has 4 nitrogen and oxygen atoms in total. The van der Waals surface area contributed by atoms with Crippen LogP contribution in [0.5, 0.6) is 0 Å². The fourth-order valence-corrected chi connectivity index (χ4v) is 1.74. The molecule has 1 aliphatic heterocycles. The van der Waals surface area contributed by atoms with Gasteiger partial charge in [0.2, 0.25) is 5.90 Å². The molecule has 0 saturated carbocycles. The van der Waals surface area contributed by atoms with Gasteiger partial charge in [-0.3, -0.25) is 0 Å². The van der Waals surface area contributed by atoms with Gasteiger partial charge in [0.25, 0.3) is 0 Å². The van der Waals surface area contributed by atoms with Gasteiger partial charge in [-0.1, -0.05) is 31.5 Å². The molecule has 0 aliphatic carbocycles. The van der Waals surface area contributed by atoms with E-state index in [1.54, 1.807) is 12.2 Å². The third-order valence-electron chi connectivity index (χ3n) is 2.04. The number of nitrogens with zero attached hydrogens (tertiary/aromatic N) is 1. The first-order valence-corrected chi connectivity index (χ1v) is 5.10. The monoisotopic (exact) mass is 243 g/mol. The minimum atomic E-state index is -0.492. The van der Waals surface area contributed by atoms with Crippen molar-refractivity contribution < 1.29 is 14.3 Å². The lowest BCUT2D eigenvalue weighted by Crippen LogP contribution is -2.18. The Hall–Kier alpha value is -1.29. The molecule has 5 heteroatoms. The van der Waals surface area contributed by atoms with Gasteiger partial charge in [-0.2, -0.15) is 0 Å². The molecule has 0 amide bonds. The van der Waals surface area contributed by atoms with Gasteiger partial charge < -0.3 is 9.47 Å². The molecule has 1 heterocycles. The van der Waals surface area contributed by atoms with Crippen molar-refractivity contribution in [2.45, 2.75) is 13.8 Å². The molecule has 88 valence electrons. The Labute approximate surface area is 99.6 Å². The van der Waals surface area contributed by atoms with Crippen molar-refractivity contribution in [1.29, 1.82) is 0 Å². The standard InChI is InChI=1S/C11H14ClNO3/c1-11(2)5-7(10(14)16-4)9(15-3)13-8(12)6-11/h5-6H,1-4H3. The molecule has 0 aromatic heterocycles. The Balaban J connectivity index is 3.27. The number of hydrogen-bond acceptors (Lipinski definition) is 4. The number of carbonyl (C=O) groups excluding carboxylic acids is 1. The molecule has 0 spiro atoms. The maximum Gasteiger partial charge on any atom is 0.343 e. The number of ether oxygens (including phenoxy) is 2. The summed E-state index contributed by atoms with van der Waals surface area (Å²) in [5.41, 5.74) is -0.105. The van der Waals surface area contributed by atoms with Gasteiger partial charge in [0.05, 0.1) is 14.2 Å². The van der Waals surface area contributed by atoms with Crippen molar-refractivity contribution in [1.82, 2.24) is 0 Å². The number of halogens is 1. The van der Waals surface area contributed by atoms with E-state index in [9.17, 15) is 4.79 Å². The van der Waals surface area contributed by atoms with E-state index in [4.69, 9.17) is 16.3 Å². The number of hydrogen-bond donors (Lipinski definition) is 0. The summed E-state index contributed by atoms with van der Waals surface area (Å²) in [5.74, 6) is -0.327. The highest BCUT2D eigenvalue weighted by Gasteiger charge is 2.26. The average Bonchev–Trinajstić information content (AvgIpc) is 2.32. The molecular formula is C11H14ClNO3. The Bertz CT molecular complexity index is 394. The van der Waals surface area contributed by atoms with E-state index in [0.717, 1.165) is 0 Å². The van der Waals surface area contributed by atoms with E-state index in [-0.39, 0.29) is 22.0 Å². The van der Waals surface area contributed by atoms with E-state index in [1.165, 1.54) is 14.2 Å². The summed E-state index contributed by atoms with van der Waals surface area (Å²) in [6.45, 7) is 3.82. The molecule has 0 saturated heterocycles. The van der Waals surface area contributed by atoms with Crippen molar-refractivity contribution >= 4 is 23.5 Å². The fourth-order valence-electron chi connectivity index (χ4n) is 1.38. The number of aliphatic imine (C=N–C) groups is 1. The number of carbonyl (C=O) groups is 1. The number of rotatable bonds is 1. The van der Waals surface area contributed by atoms with Crippen molar-refractivity contribution in [2.75, 3.05) is 14.2 Å². The second-order valence-corrected chi connectivity index (χ2v) is 4.35. The largest absolute Gasteiger partial charge is 0.480 e. The highest BCUT2D eigenvalue weighted by Crippen LogP contribution is 2.29. The molecule has 0 aromatic carbocycles. The summed E-state index contributed by atoms with van der Waals surface area (Å²) in [6, 6.07) is 0. The first-order valence-electron chi connectivity index (χ1n) is 4.72. The van der Waals surface area contributed by atoms with Gasteiger partial charge in [0, 0.05) is 5.41 Å². The van der Waals surface area contributed by atoms with Crippen LogP contribution in [-0.4, -0.2) is 26.1 Å². The van der Waals surface area contributed by atoms with Crippen LogP contribution in [0.4, 0.5) is 0 Å². The summed E-state index contributed by atoms with van der Waals surface area (Å²) >= 11 is 5.90. The van der Waals surface area contributed by atoms with Crippen LogP contribution in [0.1, 0.15) is 13.8 Å². The zero-order chi connectivity index (χ0) is 12.3. The minimum Gasteiger partial charge on any atom is -0.480 e. The maximum absolute atomic E-state index is 11.6. The van der Waals surface area contributed by atoms with Gasteiger partial charge in [-0.25, -0.2) is 9.79 Å². The van der Waals surface area contributed by atoms with E-state index in [0.29, 0.717) is 0 Å². The van der Waals surface area contributed by atoms with Crippen LogP contribution in [0.3, 0.4) is 0 Å². The Morgan fingerprint density at radius 3 is 2.50 bits per heavy atom. The zero-order valence-corrected chi connectivity index (χ0v) is 10.5. The minimum absolute atomic E-state index is 0.165. The van der Waals surface area contributed by atoms with Crippen LogP contribution in [0.2, 0.25) is 0 Å². The maximum atomic E-state index is 11.6. The van der Waals surface area contributed by atoms with Crippen LogP contribution in [0.25, 0.3) is 0 Å². The van der Waals surface area contributed by atoms with E-state index >= 15 is 0 Å². The molecule has 16 heavy (non-hydrogen) atoms. The first-order chi connectivity index (χ1) is 7.39. The SMILES string of the molecule is COC(=O)C1=CC(C)(C)C=C(Cl)N=C1OC. The normalized spacial score (nSPS) is 18.9. The topological polar surface area (TPSA) is 47.9 Å². The molecule has 0 aromatic rings. The summed E-state index contributed by atoms with van der Waals surface area (Å²) in [4.78, 5) is 15.6. The smallest absolute Gasteiger partial charge is 0.343 e. The third-order valence-corrected chi connectivity index (χ3v) is 2.24. The van der Waals surface area contributed by atoms with Crippen molar-refractivity contribution in [3.05, 3.63) is 22.9 Å². The van der Waals surface area contributed by atoms with Crippen molar-refractivity contribution in [2.24, 2.45) is 10.4 Å². The molecular weight excluding hydrogens is 230 g/mol. The Kier molecular flexibility index (Phi) is 3.75. The van der Waals surface area contributed by atoms with Crippen LogP contribution < -0.4 is 0 Å². The Morgan fingerprint density at radius 1 is 1.38 bits per heavy atom. The second-order valence-electron chi connectivity index (χ2n) is 3.96. The summed E-state index contributed by atoms with van der Waals surface area (Å²) < 4.78 is 9.70. The molecule has 0 bridgehead atoms. The second kappa shape index (κ2) is 4.70. The highest BCUT2D eigenvalue weighted by molar-refractivity contribution is 6.31. The summed E-state index contributed by atoms with van der Waals surface area (Å²) in [6.07, 6.45) is 3.46. The van der Waals surface area contributed by atoms with E-state index in [2.05, 4.69) is 9.73 Å². The lowest BCUT2D eigenvalue weighted by atomic mass is 9.91. The van der Waals surface area contributed by atoms with Crippen LogP contribution in [0, 0.1) is 5.41 Å². The first kappa shape index (κ1) is 12.8. The quantitative estimate of drug-likeness (QED) is 0.524. The Morgan fingerprint density at radius 2 is 2.00 bits per heavy atom. The average molecular weight is 244 g/mol. The fraction of sp³-hybridized carbons (Fsp3) is 0.455. The molecule has 0 N–H and O–H groups in total. The van der Waals surface area contributed by atoms with Crippen LogP contribution in [-0.2, 0) is 14.3 Å². The van der Waals surface area contributed by atoms with Gasteiger partial charge in [-0.15, -0.1) is 0 Å². The van der Waals surface area contributed by atoms with E-state index < -0.39 is 5.97 Å². The molecule has 0 unspecified atom stereocenters. The van der Waals surface area contributed by atoms with Crippen molar-refractivity contribution in [3.63, 3.8) is 0 Å². The van der Waals surface area contributed by atoms with Crippen LogP contribution in [0.15, 0.2) is 27.9 Å². The van der Waals surface area contributed by atoms with Crippen LogP contribution >= 0.6 is 11.6 Å². The predicted molar refractivity (Wildman–Crippen MR) is 62.3 cm³/mol. The molecule has 0 fully saturated rings. The zero-order valence-electron chi connectivity index (χ0n) is 9.70.